The Labute approximate surface area is 144 Å². The van der Waals surface area contributed by atoms with Crippen molar-refractivity contribution in [3.05, 3.63) is 70.0 Å². The highest BCUT2D eigenvalue weighted by Crippen LogP contribution is 2.21. The molecule has 2 aromatic carbocycles. The van der Waals surface area contributed by atoms with Crippen molar-refractivity contribution >= 4 is 17.6 Å². The van der Waals surface area contributed by atoms with E-state index in [9.17, 15) is 4.79 Å². The van der Waals surface area contributed by atoms with E-state index < -0.39 is 5.97 Å². The summed E-state index contributed by atoms with van der Waals surface area (Å²) in [6.45, 7) is 5.64. The Morgan fingerprint density at radius 3 is 2.67 bits per heavy atom. The molecule has 0 fully saturated rings. The minimum atomic E-state index is -0.538. The van der Waals surface area contributed by atoms with Crippen LogP contribution in [-0.4, -0.2) is 21.0 Å². The number of esters is 1. The molecular weight excluding hydrogens is 326 g/mol. The number of carbonyl (C=O) groups is 1. The fraction of sp³-hybridized carbons (Fsp3) is 0.167. The SMILES string of the molecule is Cc1cccc(OC(=O)c2nnn(-c3cc(Cl)ccc3C)c2C)c1. The lowest BCUT2D eigenvalue weighted by molar-refractivity contribution is 0.0727. The number of hydrogen-bond donors (Lipinski definition) is 0. The molecule has 0 N–H and O–H groups in total. The van der Waals surface area contributed by atoms with Gasteiger partial charge in [-0.25, -0.2) is 9.48 Å². The molecule has 0 radical (unpaired) electrons. The van der Waals surface area contributed by atoms with E-state index in [1.165, 1.54) is 0 Å². The summed E-state index contributed by atoms with van der Waals surface area (Å²) in [4.78, 5) is 12.4. The van der Waals surface area contributed by atoms with Crippen LogP contribution >= 0.6 is 11.6 Å². The molecule has 6 heteroatoms. The lowest BCUT2D eigenvalue weighted by atomic mass is 10.2. The molecule has 5 nitrogen and oxygen atoms in total. The van der Waals surface area contributed by atoms with Gasteiger partial charge in [-0.2, -0.15) is 0 Å². The third-order valence-electron chi connectivity index (χ3n) is 3.69. The monoisotopic (exact) mass is 341 g/mol. The van der Waals surface area contributed by atoms with Crippen LogP contribution in [0.25, 0.3) is 5.69 Å². The zero-order chi connectivity index (χ0) is 17.3. The Bertz CT molecular complexity index is 918. The van der Waals surface area contributed by atoms with Gasteiger partial charge in [0.1, 0.15) is 5.75 Å². The zero-order valence-corrected chi connectivity index (χ0v) is 14.3. The molecule has 0 aliphatic rings. The Morgan fingerprint density at radius 2 is 1.92 bits per heavy atom. The highest BCUT2D eigenvalue weighted by molar-refractivity contribution is 6.30. The van der Waals surface area contributed by atoms with Gasteiger partial charge in [0, 0.05) is 5.02 Å². The Morgan fingerprint density at radius 1 is 1.12 bits per heavy atom. The molecule has 0 saturated heterocycles. The molecule has 0 atom stereocenters. The number of ether oxygens (including phenoxy) is 1. The van der Waals surface area contributed by atoms with Crippen molar-refractivity contribution < 1.29 is 9.53 Å². The number of rotatable bonds is 3. The number of benzene rings is 2. The van der Waals surface area contributed by atoms with Gasteiger partial charge in [-0.3, -0.25) is 0 Å². The average Bonchev–Trinajstić information content (AvgIpc) is 2.91. The van der Waals surface area contributed by atoms with Crippen LogP contribution in [0, 0.1) is 20.8 Å². The summed E-state index contributed by atoms with van der Waals surface area (Å²) in [6, 6.07) is 12.8. The highest BCUT2D eigenvalue weighted by atomic mass is 35.5. The van der Waals surface area contributed by atoms with Gasteiger partial charge in [0.2, 0.25) is 0 Å². The van der Waals surface area contributed by atoms with Crippen LogP contribution in [-0.2, 0) is 0 Å². The molecular formula is C18H16ClN3O2. The van der Waals surface area contributed by atoms with Crippen molar-refractivity contribution in [3.63, 3.8) is 0 Å². The van der Waals surface area contributed by atoms with Gasteiger partial charge in [-0.15, -0.1) is 5.10 Å². The number of aromatic nitrogens is 3. The molecule has 0 amide bonds. The normalized spacial score (nSPS) is 10.7. The number of halogens is 1. The summed E-state index contributed by atoms with van der Waals surface area (Å²) in [5.74, 6) is -0.0584. The first-order valence-corrected chi connectivity index (χ1v) is 7.81. The zero-order valence-electron chi connectivity index (χ0n) is 13.6. The Hall–Kier alpha value is -2.66. The molecule has 3 rings (SSSR count). The van der Waals surface area contributed by atoms with E-state index in [0.717, 1.165) is 16.8 Å². The van der Waals surface area contributed by atoms with Crippen LogP contribution in [0.2, 0.25) is 5.02 Å². The van der Waals surface area contributed by atoms with Crippen molar-refractivity contribution in [2.75, 3.05) is 0 Å². The maximum absolute atomic E-state index is 12.4. The molecule has 122 valence electrons. The molecule has 24 heavy (non-hydrogen) atoms. The molecule has 1 aromatic heterocycles. The standard InChI is InChI=1S/C18H16ClN3O2/c1-11-5-4-6-15(9-11)24-18(23)17-13(3)22(21-20-17)16-10-14(19)8-7-12(16)2/h4-10H,1-3H3. The number of carbonyl (C=O) groups excluding carboxylic acids is 1. The third kappa shape index (κ3) is 3.16. The molecule has 3 aromatic rings. The third-order valence-corrected chi connectivity index (χ3v) is 3.92. The highest BCUT2D eigenvalue weighted by Gasteiger charge is 2.20. The fourth-order valence-corrected chi connectivity index (χ4v) is 2.56. The second-order valence-corrected chi connectivity index (χ2v) is 6.01. The van der Waals surface area contributed by atoms with Crippen LogP contribution < -0.4 is 4.74 Å². The van der Waals surface area contributed by atoms with E-state index in [4.69, 9.17) is 16.3 Å². The van der Waals surface area contributed by atoms with E-state index in [-0.39, 0.29) is 5.69 Å². The summed E-state index contributed by atoms with van der Waals surface area (Å²) in [5, 5.41) is 8.64. The van der Waals surface area contributed by atoms with Crippen LogP contribution in [0.1, 0.15) is 27.3 Å². The molecule has 0 aliphatic carbocycles. The maximum Gasteiger partial charge on any atom is 0.366 e. The van der Waals surface area contributed by atoms with Crippen LogP contribution in [0.5, 0.6) is 5.75 Å². The lowest BCUT2D eigenvalue weighted by Crippen LogP contribution is -2.11. The fourth-order valence-electron chi connectivity index (χ4n) is 2.39. The summed E-state index contributed by atoms with van der Waals surface area (Å²) >= 11 is 6.06. The van der Waals surface area contributed by atoms with Gasteiger partial charge in [0.25, 0.3) is 0 Å². The maximum atomic E-state index is 12.4. The van der Waals surface area contributed by atoms with Gasteiger partial charge in [-0.1, -0.05) is 35.0 Å². The number of nitrogens with zero attached hydrogens (tertiary/aromatic N) is 3. The molecule has 0 spiro atoms. The quantitative estimate of drug-likeness (QED) is 0.532. The summed E-state index contributed by atoms with van der Waals surface area (Å²) in [7, 11) is 0. The van der Waals surface area contributed by atoms with Gasteiger partial charge in [-0.05, 0) is 56.2 Å². The first-order valence-electron chi connectivity index (χ1n) is 7.43. The number of hydrogen-bond acceptors (Lipinski definition) is 4. The van der Waals surface area contributed by atoms with Gasteiger partial charge in [0.05, 0.1) is 11.4 Å². The van der Waals surface area contributed by atoms with Gasteiger partial charge in [0.15, 0.2) is 5.69 Å². The first kappa shape index (κ1) is 16.2. The second kappa shape index (κ2) is 6.45. The Balaban J connectivity index is 1.92. The van der Waals surface area contributed by atoms with E-state index >= 15 is 0 Å². The molecule has 0 bridgehead atoms. The minimum absolute atomic E-state index is 0.177. The van der Waals surface area contributed by atoms with Crippen molar-refractivity contribution in [1.29, 1.82) is 0 Å². The van der Waals surface area contributed by atoms with Crippen molar-refractivity contribution in [1.82, 2.24) is 15.0 Å². The van der Waals surface area contributed by atoms with Crippen molar-refractivity contribution in [3.8, 4) is 11.4 Å². The van der Waals surface area contributed by atoms with E-state index in [0.29, 0.717) is 16.5 Å². The molecule has 0 saturated carbocycles. The predicted molar refractivity (Wildman–Crippen MR) is 92.0 cm³/mol. The van der Waals surface area contributed by atoms with Crippen molar-refractivity contribution in [2.45, 2.75) is 20.8 Å². The van der Waals surface area contributed by atoms with Crippen molar-refractivity contribution in [2.24, 2.45) is 0 Å². The van der Waals surface area contributed by atoms with E-state index in [1.807, 2.05) is 32.0 Å². The summed E-state index contributed by atoms with van der Waals surface area (Å²) in [5.41, 5.74) is 3.54. The molecule has 0 aliphatic heterocycles. The topological polar surface area (TPSA) is 57.0 Å². The second-order valence-electron chi connectivity index (χ2n) is 5.57. The largest absolute Gasteiger partial charge is 0.422 e. The Kier molecular flexibility index (Phi) is 4.36. The van der Waals surface area contributed by atoms with Crippen LogP contribution in [0.3, 0.4) is 0 Å². The number of aryl methyl sites for hydroxylation is 2. The molecule has 1 heterocycles. The van der Waals surface area contributed by atoms with E-state index in [2.05, 4.69) is 10.3 Å². The summed E-state index contributed by atoms with van der Waals surface area (Å²) < 4.78 is 6.98. The summed E-state index contributed by atoms with van der Waals surface area (Å²) in [6.07, 6.45) is 0. The van der Waals surface area contributed by atoms with Crippen LogP contribution in [0.4, 0.5) is 0 Å². The predicted octanol–water partition coefficient (Wildman–Crippen LogP) is 4.07. The average molecular weight is 342 g/mol. The first-order chi connectivity index (χ1) is 11.5. The van der Waals surface area contributed by atoms with Crippen LogP contribution in [0.15, 0.2) is 42.5 Å². The minimum Gasteiger partial charge on any atom is -0.422 e. The molecule has 0 unspecified atom stereocenters. The van der Waals surface area contributed by atoms with E-state index in [1.54, 1.807) is 35.9 Å². The van der Waals surface area contributed by atoms with Gasteiger partial charge < -0.3 is 4.74 Å². The van der Waals surface area contributed by atoms with Gasteiger partial charge >= 0.3 is 5.97 Å². The smallest absolute Gasteiger partial charge is 0.366 e. The lowest BCUT2D eigenvalue weighted by Gasteiger charge is -2.08.